The lowest BCUT2D eigenvalue weighted by molar-refractivity contribution is -0.125. The van der Waals surface area contributed by atoms with Gasteiger partial charge in [0.2, 0.25) is 0 Å². The van der Waals surface area contributed by atoms with Crippen molar-refractivity contribution < 1.29 is 23.5 Å². The van der Waals surface area contributed by atoms with E-state index < -0.39 is 17.5 Å². The molecular weight excluding hydrogens is 414 g/mol. The zero-order chi connectivity index (χ0) is 22.5. The number of methoxy groups -OCH3 is 1. The number of imide groups is 1. The Labute approximate surface area is 182 Å². The number of hydrogen-bond acceptors (Lipinski definition) is 7. The fraction of sp³-hybridized carbons (Fsp3) is 0.227. The van der Waals surface area contributed by atoms with Gasteiger partial charge in [0.05, 0.1) is 25.9 Å². The molecule has 0 radical (unpaired) electrons. The zero-order valence-electron chi connectivity index (χ0n) is 17.2. The van der Waals surface area contributed by atoms with Crippen molar-refractivity contribution in [2.24, 2.45) is 4.99 Å². The maximum Gasteiger partial charge on any atom is 0.322 e. The Hall–Kier alpha value is -4.21. The van der Waals surface area contributed by atoms with Crippen LogP contribution in [0.3, 0.4) is 0 Å². The van der Waals surface area contributed by atoms with Gasteiger partial charge >= 0.3 is 6.03 Å². The van der Waals surface area contributed by atoms with Crippen molar-refractivity contribution in [1.29, 1.82) is 0 Å². The molecular formula is C22H19N5O5. The molecule has 4 heterocycles. The van der Waals surface area contributed by atoms with Crippen LogP contribution in [0.25, 0.3) is 11.0 Å². The van der Waals surface area contributed by atoms with Gasteiger partial charge in [-0.25, -0.2) is 4.79 Å². The highest BCUT2D eigenvalue weighted by Gasteiger charge is 2.53. The molecule has 1 atom stereocenters. The average molecular weight is 433 g/mol. The molecule has 2 aromatic heterocycles. The fourth-order valence-corrected chi connectivity index (χ4v) is 4.12. The Balaban J connectivity index is 1.53. The smallest absolute Gasteiger partial charge is 0.322 e. The first-order valence-electron chi connectivity index (χ1n) is 9.85. The normalized spacial score (nSPS) is 19.8. The monoisotopic (exact) mass is 433 g/mol. The largest absolute Gasteiger partial charge is 0.497 e. The minimum Gasteiger partial charge on any atom is -0.497 e. The molecule has 4 amide bonds. The number of urea groups is 1. The van der Waals surface area contributed by atoms with Gasteiger partial charge in [0, 0.05) is 29.8 Å². The van der Waals surface area contributed by atoms with E-state index in [9.17, 15) is 14.4 Å². The Kier molecular flexibility index (Phi) is 4.43. The predicted octanol–water partition coefficient (Wildman–Crippen LogP) is 1.73. The second kappa shape index (κ2) is 7.19. The number of fused-ring (bicyclic) bond motifs is 2. The molecule has 0 spiro atoms. The summed E-state index contributed by atoms with van der Waals surface area (Å²) in [4.78, 5) is 47.8. The number of aliphatic imine (C=N–C) groups is 1. The lowest BCUT2D eigenvalue weighted by Gasteiger charge is -2.29. The highest BCUT2D eigenvalue weighted by Crippen LogP contribution is 2.35. The molecule has 0 aliphatic carbocycles. The van der Waals surface area contributed by atoms with Crippen LogP contribution < -0.4 is 15.4 Å². The van der Waals surface area contributed by atoms with Gasteiger partial charge in [-0.2, -0.15) is 0 Å². The molecule has 1 saturated heterocycles. The van der Waals surface area contributed by atoms with Gasteiger partial charge in [0.1, 0.15) is 17.1 Å². The van der Waals surface area contributed by atoms with Crippen LogP contribution in [0.15, 0.2) is 45.9 Å². The van der Waals surface area contributed by atoms with E-state index in [0.717, 1.165) is 5.56 Å². The maximum absolute atomic E-state index is 13.1. The van der Waals surface area contributed by atoms with Crippen LogP contribution >= 0.6 is 0 Å². The molecule has 5 rings (SSSR count). The first kappa shape index (κ1) is 19.7. The molecule has 1 aromatic carbocycles. The van der Waals surface area contributed by atoms with Gasteiger partial charge in [-0.15, -0.1) is 0 Å². The Bertz CT molecular complexity index is 1300. The van der Waals surface area contributed by atoms with E-state index in [4.69, 9.17) is 9.15 Å². The lowest BCUT2D eigenvalue weighted by Crippen LogP contribution is -2.52. The SMILES string of the molecule is C=NCc1cc2oc(C3(CN4Cc5ccc(OC)cc5C4=O)NC(=O)NC3=O)cc2cn1. The third kappa shape index (κ3) is 2.99. The van der Waals surface area contributed by atoms with Crippen LogP contribution in [0.4, 0.5) is 4.79 Å². The van der Waals surface area contributed by atoms with Crippen LogP contribution in [0.5, 0.6) is 5.75 Å². The van der Waals surface area contributed by atoms with E-state index >= 15 is 0 Å². The van der Waals surface area contributed by atoms with Crippen LogP contribution in [0.2, 0.25) is 0 Å². The number of nitrogens with zero attached hydrogens (tertiary/aromatic N) is 3. The van der Waals surface area contributed by atoms with Crippen LogP contribution in [-0.4, -0.2) is 48.1 Å². The number of nitrogens with one attached hydrogen (secondary N) is 2. The molecule has 1 fully saturated rings. The molecule has 162 valence electrons. The van der Waals surface area contributed by atoms with Crippen molar-refractivity contribution in [2.75, 3.05) is 13.7 Å². The number of benzene rings is 1. The summed E-state index contributed by atoms with van der Waals surface area (Å²) in [6.45, 7) is 3.97. The minimum atomic E-state index is -1.57. The van der Waals surface area contributed by atoms with Crippen molar-refractivity contribution in [3.05, 3.63) is 59.1 Å². The number of pyridine rings is 1. The third-order valence-electron chi connectivity index (χ3n) is 5.72. The number of ether oxygens (including phenoxy) is 1. The summed E-state index contributed by atoms with van der Waals surface area (Å²) < 4.78 is 11.2. The number of amides is 4. The van der Waals surface area contributed by atoms with Crippen LogP contribution in [0.1, 0.15) is 27.4 Å². The van der Waals surface area contributed by atoms with E-state index in [0.29, 0.717) is 41.1 Å². The van der Waals surface area contributed by atoms with E-state index in [1.54, 1.807) is 30.5 Å². The topological polar surface area (TPSA) is 126 Å². The second-order valence-electron chi connectivity index (χ2n) is 7.70. The molecule has 0 saturated carbocycles. The van der Waals surface area contributed by atoms with Gasteiger partial charge in [-0.1, -0.05) is 6.07 Å². The molecule has 2 N–H and O–H groups in total. The molecule has 3 aromatic rings. The average Bonchev–Trinajstić information content (AvgIpc) is 3.42. The molecule has 0 bridgehead atoms. The molecule has 2 aliphatic rings. The van der Waals surface area contributed by atoms with Crippen molar-refractivity contribution in [3.63, 3.8) is 0 Å². The highest BCUT2D eigenvalue weighted by atomic mass is 16.5. The maximum atomic E-state index is 13.1. The first-order valence-corrected chi connectivity index (χ1v) is 9.85. The summed E-state index contributed by atoms with van der Waals surface area (Å²) in [6, 6.07) is 7.95. The van der Waals surface area contributed by atoms with Crippen molar-refractivity contribution in [3.8, 4) is 5.75 Å². The third-order valence-corrected chi connectivity index (χ3v) is 5.72. The standard InChI is InChI=1S/C22H19N5O5/c1-23-9-14-6-17-13(8-24-14)5-18(32-17)22(20(29)25-21(30)26-22)11-27-10-12-3-4-15(31-2)7-16(12)19(27)28/h3-8H,1,9-11H2,2H3,(H2,25,26,29,30). The number of furan rings is 1. The summed E-state index contributed by atoms with van der Waals surface area (Å²) >= 11 is 0. The predicted molar refractivity (Wildman–Crippen MR) is 113 cm³/mol. The second-order valence-corrected chi connectivity index (χ2v) is 7.70. The summed E-state index contributed by atoms with van der Waals surface area (Å²) in [5.41, 5.74) is 0.879. The van der Waals surface area contributed by atoms with E-state index in [1.165, 1.54) is 12.0 Å². The van der Waals surface area contributed by atoms with Gasteiger partial charge < -0.3 is 19.4 Å². The van der Waals surface area contributed by atoms with E-state index in [2.05, 4.69) is 27.3 Å². The molecule has 10 nitrogen and oxygen atoms in total. The van der Waals surface area contributed by atoms with E-state index in [1.807, 2.05) is 6.07 Å². The summed E-state index contributed by atoms with van der Waals surface area (Å²) in [5.74, 6) is -0.0777. The Morgan fingerprint density at radius 2 is 2.12 bits per heavy atom. The Morgan fingerprint density at radius 1 is 1.28 bits per heavy atom. The van der Waals surface area contributed by atoms with Crippen molar-refractivity contribution >= 4 is 35.5 Å². The molecule has 32 heavy (non-hydrogen) atoms. The fourth-order valence-electron chi connectivity index (χ4n) is 4.12. The minimum absolute atomic E-state index is 0.102. The van der Waals surface area contributed by atoms with Crippen LogP contribution in [-0.2, 0) is 23.4 Å². The molecule has 10 heteroatoms. The molecule has 2 aliphatic heterocycles. The van der Waals surface area contributed by atoms with Crippen molar-refractivity contribution in [1.82, 2.24) is 20.5 Å². The Morgan fingerprint density at radius 3 is 2.84 bits per heavy atom. The number of carbonyl (C=O) groups excluding carboxylic acids is 3. The van der Waals surface area contributed by atoms with E-state index in [-0.39, 0.29) is 18.2 Å². The van der Waals surface area contributed by atoms with Crippen molar-refractivity contribution in [2.45, 2.75) is 18.6 Å². The quantitative estimate of drug-likeness (QED) is 0.450. The highest BCUT2D eigenvalue weighted by molar-refractivity contribution is 6.08. The zero-order valence-corrected chi connectivity index (χ0v) is 17.2. The molecule has 1 unspecified atom stereocenters. The number of hydrogen-bond donors (Lipinski definition) is 2. The summed E-state index contributed by atoms with van der Waals surface area (Å²) in [5, 5.41) is 5.59. The lowest BCUT2D eigenvalue weighted by atomic mass is 9.95. The van der Waals surface area contributed by atoms with Gasteiger partial charge in [0.25, 0.3) is 11.8 Å². The summed E-state index contributed by atoms with van der Waals surface area (Å²) in [6.07, 6.45) is 1.61. The van der Waals surface area contributed by atoms with Gasteiger partial charge in [0.15, 0.2) is 5.54 Å². The van der Waals surface area contributed by atoms with Crippen LogP contribution in [0, 0.1) is 0 Å². The van der Waals surface area contributed by atoms with Gasteiger partial charge in [-0.3, -0.25) is 24.9 Å². The number of carbonyl (C=O) groups is 3. The summed E-state index contributed by atoms with van der Waals surface area (Å²) in [7, 11) is 1.53. The number of aromatic nitrogens is 1. The van der Waals surface area contributed by atoms with Gasteiger partial charge in [-0.05, 0) is 30.5 Å². The first-order chi connectivity index (χ1) is 15.4. The number of rotatable bonds is 6.